The minimum atomic E-state index is -0.153. The van der Waals surface area contributed by atoms with E-state index in [0.29, 0.717) is 13.1 Å². The van der Waals surface area contributed by atoms with Crippen LogP contribution >= 0.6 is 11.3 Å². The molecule has 0 bridgehead atoms. The van der Waals surface area contributed by atoms with Gasteiger partial charge in [0, 0.05) is 43.3 Å². The number of carbonyl (C=O) groups excluding carboxylic acids is 2. The van der Waals surface area contributed by atoms with E-state index in [1.54, 1.807) is 11.3 Å². The van der Waals surface area contributed by atoms with Gasteiger partial charge in [0.05, 0.1) is 12.6 Å². The summed E-state index contributed by atoms with van der Waals surface area (Å²) in [5.41, 5.74) is 3.16. The summed E-state index contributed by atoms with van der Waals surface area (Å²) in [5, 5.41) is 8.13. The Kier molecular flexibility index (Phi) is 8.01. The van der Waals surface area contributed by atoms with Crippen molar-refractivity contribution in [3.05, 3.63) is 51.7 Å². The summed E-state index contributed by atoms with van der Waals surface area (Å²) in [6.45, 7) is 10.2. The Bertz CT molecular complexity index is 845. The Morgan fingerprint density at radius 2 is 1.87 bits per heavy atom. The fraction of sp³-hybridized carbons (Fsp3) is 0.478. The van der Waals surface area contributed by atoms with Crippen LogP contribution in [-0.2, 0) is 16.0 Å². The zero-order valence-electron chi connectivity index (χ0n) is 18.1. The van der Waals surface area contributed by atoms with E-state index in [1.807, 2.05) is 45.0 Å². The molecule has 1 aliphatic heterocycles. The monoisotopic (exact) mass is 428 g/mol. The first-order valence-corrected chi connectivity index (χ1v) is 11.4. The van der Waals surface area contributed by atoms with Crippen LogP contribution in [0.1, 0.15) is 22.9 Å². The molecular weight excluding hydrogens is 396 g/mol. The molecule has 6 nitrogen and oxygen atoms in total. The van der Waals surface area contributed by atoms with E-state index in [4.69, 9.17) is 0 Å². The summed E-state index contributed by atoms with van der Waals surface area (Å²) in [7, 11) is 0. The van der Waals surface area contributed by atoms with Gasteiger partial charge in [-0.1, -0.05) is 18.2 Å². The van der Waals surface area contributed by atoms with Crippen LogP contribution < -0.4 is 10.6 Å². The van der Waals surface area contributed by atoms with Crippen LogP contribution in [-0.4, -0.2) is 66.9 Å². The van der Waals surface area contributed by atoms with Crippen molar-refractivity contribution in [2.75, 3.05) is 44.6 Å². The number of nitrogens with zero attached hydrogens (tertiary/aromatic N) is 2. The Hall–Kier alpha value is -2.22. The van der Waals surface area contributed by atoms with Crippen molar-refractivity contribution < 1.29 is 9.59 Å². The highest BCUT2D eigenvalue weighted by Crippen LogP contribution is 2.18. The molecule has 2 heterocycles. The van der Waals surface area contributed by atoms with Crippen molar-refractivity contribution >= 4 is 28.8 Å². The van der Waals surface area contributed by atoms with E-state index in [0.717, 1.165) is 43.9 Å². The normalized spacial score (nSPS) is 16.2. The molecule has 1 aromatic heterocycles. The van der Waals surface area contributed by atoms with Gasteiger partial charge in [-0.15, -0.1) is 11.3 Å². The van der Waals surface area contributed by atoms with Crippen LogP contribution in [0.4, 0.5) is 5.69 Å². The molecule has 2 N–H and O–H groups in total. The first kappa shape index (κ1) is 22.5. The van der Waals surface area contributed by atoms with E-state index in [-0.39, 0.29) is 17.9 Å². The third-order valence-electron chi connectivity index (χ3n) is 5.83. The van der Waals surface area contributed by atoms with Crippen molar-refractivity contribution in [3.63, 3.8) is 0 Å². The topological polar surface area (TPSA) is 64.7 Å². The molecule has 162 valence electrons. The van der Waals surface area contributed by atoms with Crippen LogP contribution in [0.15, 0.2) is 35.7 Å². The quantitative estimate of drug-likeness (QED) is 0.679. The molecule has 3 rings (SSSR count). The molecule has 1 aliphatic rings. The van der Waals surface area contributed by atoms with Crippen molar-refractivity contribution in [2.45, 2.75) is 33.2 Å². The van der Waals surface area contributed by atoms with E-state index in [1.165, 1.54) is 10.4 Å². The van der Waals surface area contributed by atoms with E-state index in [2.05, 4.69) is 31.9 Å². The zero-order chi connectivity index (χ0) is 21.5. The largest absolute Gasteiger partial charge is 0.354 e. The number of hydrogen-bond donors (Lipinski definition) is 2. The minimum Gasteiger partial charge on any atom is -0.354 e. The maximum atomic E-state index is 12.5. The van der Waals surface area contributed by atoms with Crippen LogP contribution in [0.2, 0.25) is 0 Å². The highest BCUT2D eigenvalue weighted by molar-refractivity contribution is 7.09. The lowest BCUT2D eigenvalue weighted by Gasteiger charge is -2.37. The van der Waals surface area contributed by atoms with E-state index < -0.39 is 0 Å². The molecule has 2 aromatic rings. The summed E-state index contributed by atoms with van der Waals surface area (Å²) >= 11 is 1.72. The Labute approximate surface area is 183 Å². The lowest BCUT2D eigenvalue weighted by molar-refractivity contribution is -0.127. The van der Waals surface area contributed by atoms with Crippen LogP contribution in [0.25, 0.3) is 0 Å². The molecule has 7 heteroatoms. The van der Waals surface area contributed by atoms with Crippen LogP contribution in [0, 0.1) is 13.8 Å². The SMILES string of the molecule is Cc1cccc(NC(=O)CN2CCN([C@H](C)C(=O)NCCc3cccs3)CC2)c1C. The number of rotatable bonds is 8. The average molecular weight is 429 g/mol. The molecule has 30 heavy (non-hydrogen) atoms. The van der Waals surface area contributed by atoms with Gasteiger partial charge in [-0.2, -0.15) is 0 Å². The van der Waals surface area contributed by atoms with Gasteiger partial charge in [0.2, 0.25) is 11.8 Å². The summed E-state index contributed by atoms with van der Waals surface area (Å²) in [5.74, 6) is 0.0872. The fourth-order valence-corrected chi connectivity index (χ4v) is 4.37. The lowest BCUT2D eigenvalue weighted by Crippen LogP contribution is -2.54. The minimum absolute atomic E-state index is 0.0107. The van der Waals surface area contributed by atoms with Gasteiger partial charge >= 0.3 is 0 Å². The fourth-order valence-electron chi connectivity index (χ4n) is 3.67. The molecule has 1 aromatic carbocycles. The van der Waals surface area contributed by atoms with Crippen molar-refractivity contribution in [3.8, 4) is 0 Å². The molecule has 2 amide bonds. The third-order valence-corrected chi connectivity index (χ3v) is 6.77. The predicted octanol–water partition coefficient (Wildman–Crippen LogP) is 2.67. The van der Waals surface area contributed by atoms with Gasteiger partial charge < -0.3 is 10.6 Å². The standard InChI is InChI=1S/C23H32N4O2S/c1-17-6-4-8-21(18(17)2)25-22(28)16-26-11-13-27(14-12-26)19(3)23(29)24-10-9-20-7-5-15-30-20/h4-8,15,19H,9-14,16H2,1-3H3,(H,24,29)(H,25,28)/t19-/m1/s1. The first-order valence-electron chi connectivity index (χ1n) is 10.6. The molecule has 0 spiro atoms. The Balaban J connectivity index is 1.38. The van der Waals surface area contributed by atoms with Crippen molar-refractivity contribution in [1.82, 2.24) is 15.1 Å². The maximum Gasteiger partial charge on any atom is 0.238 e. The number of nitrogens with one attached hydrogen (secondary N) is 2. The second-order valence-corrected chi connectivity index (χ2v) is 8.94. The van der Waals surface area contributed by atoms with E-state index in [9.17, 15) is 9.59 Å². The van der Waals surface area contributed by atoms with Gasteiger partial charge in [0.25, 0.3) is 0 Å². The second-order valence-electron chi connectivity index (χ2n) is 7.90. The van der Waals surface area contributed by atoms with Gasteiger partial charge in [0.15, 0.2) is 0 Å². The van der Waals surface area contributed by atoms with E-state index >= 15 is 0 Å². The first-order chi connectivity index (χ1) is 14.4. The van der Waals surface area contributed by atoms with Crippen LogP contribution in [0.5, 0.6) is 0 Å². The van der Waals surface area contributed by atoms with Gasteiger partial charge in [-0.3, -0.25) is 19.4 Å². The smallest absolute Gasteiger partial charge is 0.238 e. The molecule has 0 radical (unpaired) electrons. The number of anilines is 1. The average Bonchev–Trinajstić information content (AvgIpc) is 3.25. The number of amides is 2. The summed E-state index contributed by atoms with van der Waals surface area (Å²) in [6, 6.07) is 9.92. The molecule has 0 unspecified atom stereocenters. The molecule has 0 aliphatic carbocycles. The summed E-state index contributed by atoms with van der Waals surface area (Å²) < 4.78 is 0. The molecule has 1 saturated heterocycles. The van der Waals surface area contributed by atoms with Crippen molar-refractivity contribution in [1.29, 1.82) is 0 Å². The van der Waals surface area contributed by atoms with Gasteiger partial charge in [-0.25, -0.2) is 0 Å². The number of piperazine rings is 1. The lowest BCUT2D eigenvalue weighted by atomic mass is 10.1. The maximum absolute atomic E-state index is 12.5. The molecule has 1 atom stereocenters. The molecule has 1 fully saturated rings. The van der Waals surface area contributed by atoms with Crippen LogP contribution in [0.3, 0.4) is 0 Å². The molecule has 0 saturated carbocycles. The summed E-state index contributed by atoms with van der Waals surface area (Å²) in [4.78, 5) is 30.6. The number of hydrogen-bond acceptors (Lipinski definition) is 5. The number of carbonyl (C=O) groups is 2. The number of thiophene rings is 1. The second kappa shape index (κ2) is 10.7. The molecular formula is C23H32N4O2S. The van der Waals surface area contributed by atoms with Gasteiger partial charge in [-0.05, 0) is 55.8 Å². The highest BCUT2D eigenvalue weighted by Gasteiger charge is 2.26. The predicted molar refractivity (Wildman–Crippen MR) is 123 cm³/mol. The zero-order valence-corrected chi connectivity index (χ0v) is 18.9. The highest BCUT2D eigenvalue weighted by atomic mass is 32.1. The number of aryl methyl sites for hydroxylation is 1. The Morgan fingerprint density at radius 3 is 2.57 bits per heavy atom. The summed E-state index contributed by atoms with van der Waals surface area (Å²) in [6.07, 6.45) is 0.874. The van der Waals surface area contributed by atoms with Gasteiger partial charge in [0.1, 0.15) is 0 Å². The Morgan fingerprint density at radius 1 is 1.10 bits per heavy atom. The van der Waals surface area contributed by atoms with Crippen molar-refractivity contribution in [2.24, 2.45) is 0 Å². The third kappa shape index (κ3) is 6.14. The number of benzene rings is 1.